The fraction of sp³-hybridized carbons (Fsp3) is 0.444. The number of carbonyl (C=O) groups excluding carboxylic acids is 2. The molecule has 8 nitrogen and oxygen atoms in total. The Balaban J connectivity index is 1.50. The molecule has 0 unspecified atom stereocenters. The molecule has 0 bridgehead atoms. The van der Waals surface area contributed by atoms with Crippen LogP contribution in [0.3, 0.4) is 0 Å². The minimum Gasteiger partial charge on any atom is -0.349 e. The zero-order chi connectivity index (χ0) is 18.5. The summed E-state index contributed by atoms with van der Waals surface area (Å²) in [6.07, 6.45) is 4.76. The summed E-state index contributed by atoms with van der Waals surface area (Å²) in [5.74, 6) is 0.415. The molecule has 136 valence electrons. The third-order valence-electron chi connectivity index (χ3n) is 5.09. The van der Waals surface area contributed by atoms with Crippen LogP contribution < -0.4 is 5.32 Å². The number of nitrogens with one attached hydrogen (secondary N) is 1. The molecule has 2 aromatic rings. The number of hydrogen-bond acceptors (Lipinski definition) is 5. The number of carbonyl (C=O) groups is 2. The fourth-order valence-corrected chi connectivity index (χ4v) is 3.50. The number of rotatable bonds is 1. The first-order chi connectivity index (χ1) is 12.4. The molecule has 0 saturated carbocycles. The maximum absolute atomic E-state index is 12.8. The highest BCUT2D eigenvalue weighted by Gasteiger charge is 2.47. The molecule has 8 heteroatoms. The van der Waals surface area contributed by atoms with Crippen molar-refractivity contribution in [3.05, 3.63) is 35.8 Å². The summed E-state index contributed by atoms with van der Waals surface area (Å²) in [7, 11) is 3.70. The third-order valence-corrected chi connectivity index (χ3v) is 5.09. The van der Waals surface area contributed by atoms with E-state index in [0.29, 0.717) is 37.6 Å². The Morgan fingerprint density at radius 2 is 1.96 bits per heavy atom. The van der Waals surface area contributed by atoms with Crippen LogP contribution in [-0.2, 0) is 4.79 Å². The van der Waals surface area contributed by atoms with Crippen molar-refractivity contribution in [2.45, 2.75) is 25.3 Å². The van der Waals surface area contributed by atoms with E-state index < -0.39 is 5.54 Å². The van der Waals surface area contributed by atoms with E-state index in [1.807, 2.05) is 43.7 Å². The van der Waals surface area contributed by atoms with Crippen LogP contribution in [-0.4, -0.2) is 69.7 Å². The first-order valence-corrected chi connectivity index (χ1v) is 8.71. The van der Waals surface area contributed by atoms with Gasteiger partial charge in [-0.3, -0.25) is 14.9 Å². The summed E-state index contributed by atoms with van der Waals surface area (Å²) >= 11 is 0. The minimum absolute atomic E-state index is 0.0727. The summed E-state index contributed by atoms with van der Waals surface area (Å²) in [5.41, 5.74) is 1.55. The highest BCUT2D eigenvalue weighted by atomic mass is 16.2. The van der Waals surface area contributed by atoms with Crippen molar-refractivity contribution < 1.29 is 9.59 Å². The molecule has 4 heterocycles. The highest BCUT2D eigenvalue weighted by Crippen LogP contribution is 2.30. The molecule has 2 amide bonds. The molecule has 0 atom stereocenters. The average molecular weight is 354 g/mol. The topological polar surface area (TPSA) is 82.3 Å². The number of nitrogens with zero attached hydrogens (tertiary/aromatic N) is 5. The van der Waals surface area contributed by atoms with Crippen molar-refractivity contribution in [1.29, 1.82) is 0 Å². The lowest BCUT2D eigenvalue weighted by Crippen LogP contribution is -2.50. The van der Waals surface area contributed by atoms with Crippen LogP contribution in [0, 0.1) is 6.92 Å². The van der Waals surface area contributed by atoms with Gasteiger partial charge in [0.05, 0.1) is 0 Å². The van der Waals surface area contributed by atoms with E-state index in [9.17, 15) is 9.59 Å². The van der Waals surface area contributed by atoms with Crippen molar-refractivity contribution >= 4 is 23.4 Å². The largest absolute Gasteiger partial charge is 0.349 e. The molecule has 2 aliphatic rings. The highest BCUT2D eigenvalue weighted by molar-refractivity contribution is 6.07. The first-order valence-electron chi connectivity index (χ1n) is 8.71. The lowest BCUT2D eigenvalue weighted by molar-refractivity contribution is -0.125. The van der Waals surface area contributed by atoms with Gasteiger partial charge in [-0.2, -0.15) is 0 Å². The number of imidazole rings is 1. The Bertz CT molecular complexity index is 921. The number of pyridine rings is 1. The van der Waals surface area contributed by atoms with Crippen LogP contribution in [0.15, 0.2) is 29.5 Å². The van der Waals surface area contributed by atoms with E-state index in [2.05, 4.69) is 15.3 Å². The molecule has 1 saturated heterocycles. The van der Waals surface area contributed by atoms with Crippen LogP contribution in [0.5, 0.6) is 0 Å². The summed E-state index contributed by atoms with van der Waals surface area (Å²) in [6, 6.07) is 3.87. The van der Waals surface area contributed by atoms with Crippen LogP contribution in [0.2, 0.25) is 0 Å². The van der Waals surface area contributed by atoms with Crippen LogP contribution in [0.25, 0.3) is 5.65 Å². The van der Waals surface area contributed by atoms with Crippen molar-refractivity contribution in [2.24, 2.45) is 4.99 Å². The number of aliphatic imine (C=N–C) groups is 1. The van der Waals surface area contributed by atoms with E-state index in [1.54, 1.807) is 16.0 Å². The minimum atomic E-state index is -0.744. The van der Waals surface area contributed by atoms with Crippen LogP contribution >= 0.6 is 0 Å². The molecule has 1 spiro atoms. The number of likely N-dealkylation sites (tertiary alicyclic amines) is 1. The van der Waals surface area contributed by atoms with Gasteiger partial charge in [-0.15, -0.1) is 0 Å². The number of hydrogen-bond donors (Lipinski definition) is 1. The second kappa shape index (κ2) is 5.82. The van der Waals surface area contributed by atoms with Crippen LogP contribution in [0.4, 0.5) is 0 Å². The van der Waals surface area contributed by atoms with Gasteiger partial charge in [0.2, 0.25) is 5.96 Å². The predicted molar refractivity (Wildman–Crippen MR) is 97.1 cm³/mol. The Kier molecular flexibility index (Phi) is 3.71. The molecule has 1 N–H and O–H groups in total. The van der Waals surface area contributed by atoms with Gasteiger partial charge in [0.1, 0.15) is 16.9 Å². The Morgan fingerprint density at radius 3 is 2.62 bits per heavy atom. The summed E-state index contributed by atoms with van der Waals surface area (Å²) in [4.78, 5) is 37.8. The number of aromatic nitrogens is 2. The van der Waals surface area contributed by atoms with Gasteiger partial charge in [-0.25, -0.2) is 9.98 Å². The van der Waals surface area contributed by atoms with Gasteiger partial charge in [-0.05, 0) is 31.4 Å². The Morgan fingerprint density at radius 1 is 1.23 bits per heavy atom. The van der Waals surface area contributed by atoms with Gasteiger partial charge in [0.15, 0.2) is 0 Å². The lowest BCUT2D eigenvalue weighted by Gasteiger charge is -2.35. The summed E-state index contributed by atoms with van der Waals surface area (Å²) in [6.45, 7) is 2.98. The molecule has 0 radical (unpaired) electrons. The van der Waals surface area contributed by atoms with E-state index >= 15 is 0 Å². The summed E-state index contributed by atoms with van der Waals surface area (Å²) < 4.78 is 1.87. The second-order valence-electron chi connectivity index (χ2n) is 7.21. The maximum atomic E-state index is 12.8. The smallest absolute Gasteiger partial charge is 0.274 e. The Labute approximate surface area is 151 Å². The van der Waals surface area contributed by atoms with Crippen molar-refractivity contribution in [3.63, 3.8) is 0 Å². The molecular weight excluding hydrogens is 332 g/mol. The number of amides is 2. The predicted octanol–water partition coefficient (Wildman–Crippen LogP) is 0.665. The SMILES string of the molecule is Cc1ccc2nc(C(=O)N3CCC4(CC3)N=C(N(C)C)NC4=O)cn2c1. The molecular formula is C18H22N6O2. The lowest BCUT2D eigenvalue weighted by atomic mass is 9.88. The molecule has 2 aromatic heterocycles. The van der Waals surface area contributed by atoms with Gasteiger partial charge >= 0.3 is 0 Å². The average Bonchev–Trinajstić information content (AvgIpc) is 3.17. The van der Waals surface area contributed by atoms with E-state index in [1.165, 1.54) is 0 Å². The molecule has 26 heavy (non-hydrogen) atoms. The van der Waals surface area contributed by atoms with Gasteiger partial charge in [0.25, 0.3) is 11.8 Å². The number of fused-ring (bicyclic) bond motifs is 1. The normalized spacial score (nSPS) is 19.0. The van der Waals surface area contributed by atoms with Crippen molar-refractivity contribution in [2.75, 3.05) is 27.2 Å². The van der Waals surface area contributed by atoms with Crippen LogP contribution in [0.1, 0.15) is 28.9 Å². The second-order valence-corrected chi connectivity index (χ2v) is 7.21. The Hall–Kier alpha value is -2.90. The van der Waals surface area contributed by atoms with Crippen molar-refractivity contribution in [3.8, 4) is 0 Å². The van der Waals surface area contributed by atoms with Crippen molar-refractivity contribution in [1.82, 2.24) is 24.5 Å². The summed E-state index contributed by atoms with van der Waals surface area (Å²) in [5, 5.41) is 2.83. The number of guanidine groups is 1. The maximum Gasteiger partial charge on any atom is 0.274 e. The van der Waals surface area contributed by atoms with Gasteiger partial charge in [0, 0.05) is 39.6 Å². The number of piperidine rings is 1. The zero-order valence-electron chi connectivity index (χ0n) is 15.2. The van der Waals surface area contributed by atoms with E-state index in [4.69, 9.17) is 0 Å². The standard InChI is InChI=1S/C18H22N6O2/c1-12-4-5-14-19-13(11-24(14)10-12)15(25)23-8-6-18(7-9-23)16(26)20-17(21-18)22(2)3/h4-5,10-11H,6-9H2,1-3H3,(H,20,21,26). The van der Waals surface area contributed by atoms with Gasteiger partial charge in [-0.1, -0.05) is 6.07 Å². The van der Waals surface area contributed by atoms with Gasteiger partial charge < -0.3 is 14.2 Å². The fourth-order valence-electron chi connectivity index (χ4n) is 3.50. The quantitative estimate of drug-likeness (QED) is 0.816. The van der Waals surface area contributed by atoms with E-state index in [0.717, 1.165) is 11.2 Å². The molecule has 2 aliphatic heterocycles. The zero-order valence-corrected chi connectivity index (χ0v) is 15.2. The molecule has 0 aliphatic carbocycles. The van der Waals surface area contributed by atoms with E-state index in [-0.39, 0.29) is 11.8 Å². The number of aryl methyl sites for hydroxylation is 1. The molecule has 4 rings (SSSR count). The third kappa shape index (κ3) is 2.61. The monoisotopic (exact) mass is 354 g/mol. The molecule has 0 aromatic carbocycles. The molecule has 1 fully saturated rings. The first kappa shape index (κ1) is 16.6.